The first-order chi connectivity index (χ1) is 11.3. The smallest absolute Gasteiger partial charge is 0.330 e. The van der Waals surface area contributed by atoms with E-state index in [9.17, 15) is 19.5 Å². The lowest BCUT2D eigenvalue weighted by molar-refractivity contribution is 0.417. The molecule has 1 aromatic carbocycles. The molecule has 9 heteroatoms. The molecule has 9 nitrogen and oxygen atoms in total. The van der Waals surface area contributed by atoms with Crippen molar-refractivity contribution in [2.45, 2.75) is 0 Å². The molecule has 3 aromatic rings. The van der Waals surface area contributed by atoms with E-state index in [1.807, 2.05) is 0 Å². The van der Waals surface area contributed by atoms with Crippen LogP contribution in [-0.2, 0) is 21.1 Å². The van der Waals surface area contributed by atoms with E-state index in [4.69, 9.17) is 0 Å². The Labute approximate surface area is 134 Å². The Bertz CT molecular complexity index is 1160. The maximum atomic E-state index is 11.9. The molecule has 0 amide bonds. The molecule has 0 spiro atoms. The number of fused-ring (bicyclic) bond motifs is 1. The quantitative estimate of drug-likeness (QED) is 0.629. The Kier molecular flexibility index (Phi) is 3.48. The monoisotopic (exact) mass is 329 g/mol. The second-order valence-corrected chi connectivity index (χ2v) is 5.39. The van der Waals surface area contributed by atoms with Crippen molar-refractivity contribution in [2.24, 2.45) is 26.1 Å². The number of aliphatic imine (C=N–C) groups is 1. The van der Waals surface area contributed by atoms with Gasteiger partial charge in [-0.15, -0.1) is 0 Å². The first-order valence-corrected chi connectivity index (χ1v) is 7.03. The third-order valence-corrected chi connectivity index (χ3v) is 3.93. The number of imidazole rings is 1. The summed E-state index contributed by atoms with van der Waals surface area (Å²) in [6.07, 6.45) is 1.18. The van der Waals surface area contributed by atoms with Crippen molar-refractivity contribution in [3.63, 3.8) is 0 Å². The molecule has 0 atom stereocenters. The summed E-state index contributed by atoms with van der Waals surface area (Å²) < 4.78 is 3.92. The molecule has 0 bridgehead atoms. The minimum absolute atomic E-state index is 0.126. The standard InChI is InChI=1S/C15H15N5O4/c1-18-10-5-4-8(6-11(10)19(2)15(18)24)16-7-9-12(21)17-14(23)20(3)13(9)22/h4-7,22H,1-3H3,(H,17,21,23). The Balaban J connectivity index is 2.11. The fourth-order valence-corrected chi connectivity index (χ4v) is 2.46. The Morgan fingerprint density at radius 3 is 2.42 bits per heavy atom. The van der Waals surface area contributed by atoms with Crippen LogP contribution in [-0.4, -0.2) is 30.0 Å². The molecule has 0 unspecified atom stereocenters. The number of aryl methyl sites for hydroxylation is 2. The number of nitrogens with one attached hydrogen (secondary N) is 1. The number of aromatic hydroxyl groups is 1. The van der Waals surface area contributed by atoms with E-state index < -0.39 is 17.1 Å². The Hall–Kier alpha value is -3.36. The van der Waals surface area contributed by atoms with Gasteiger partial charge in [-0.05, 0) is 18.2 Å². The SMILES string of the molecule is Cn1c(O)c(C=Nc2ccc3c(c2)n(C)c(=O)n3C)c(=O)[nH]c1=O. The zero-order chi connectivity index (χ0) is 17.6. The van der Waals surface area contributed by atoms with Crippen LogP contribution in [0.4, 0.5) is 5.69 Å². The highest BCUT2D eigenvalue weighted by atomic mass is 16.3. The van der Waals surface area contributed by atoms with Crippen LogP contribution >= 0.6 is 0 Å². The summed E-state index contributed by atoms with van der Waals surface area (Å²) in [7, 11) is 4.66. The van der Waals surface area contributed by atoms with Gasteiger partial charge < -0.3 is 5.11 Å². The summed E-state index contributed by atoms with van der Waals surface area (Å²) in [6, 6.07) is 5.13. The fraction of sp³-hybridized carbons (Fsp3) is 0.200. The highest BCUT2D eigenvalue weighted by molar-refractivity contribution is 5.86. The first-order valence-electron chi connectivity index (χ1n) is 7.03. The third-order valence-electron chi connectivity index (χ3n) is 3.93. The topological polar surface area (TPSA) is 114 Å². The van der Waals surface area contributed by atoms with Crippen LogP contribution in [0.1, 0.15) is 5.56 Å². The third kappa shape index (κ3) is 2.26. The summed E-state index contributed by atoms with van der Waals surface area (Å²) in [5.74, 6) is -0.472. The highest BCUT2D eigenvalue weighted by Gasteiger charge is 2.10. The number of rotatable bonds is 2. The van der Waals surface area contributed by atoms with Crippen LogP contribution in [0.5, 0.6) is 5.88 Å². The second kappa shape index (κ2) is 5.37. The number of aromatic amines is 1. The number of H-pyrrole nitrogens is 1. The molecule has 0 fully saturated rings. The lowest BCUT2D eigenvalue weighted by Crippen LogP contribution is -2.30. The van der Waals surface area contributed by atoms with E-state index in [-0.39, 0.29) is 11.3 Å². The van der Waals surface area contributed by atoms with Gasteiger partial charge in [-0.3, -0.25) is 28.5 Å². The zero-order valence-electron chi connectivity index (χ0n) is 13.3. The van der Waals surface area contributed by atoms with E-state index in [0.29, 0.717) is 11.2 Å². The van der Waals surface area contributed by atoms with E-state index >= 15 is 0 Å². The normalized spacial score (nSPS) is 11.6. The lowest BCUT2D eigenvalue weighted by Gasteiger charge is -2.03. The van der Waals surface area contributed by atoms with E-state index in [1.54, 1.807) is 32.3 Å². The average Bonchev–Trinajstić information content (AvgIpc) is 2.77. The highest BCUT2D eigenvalue weighted by Crippen LogP contribution is 2.20. The fourth-order valence-electron chi connectivity index (χ4n) is 2.46. The van der Waals surface area contributed by atoms with Crippen molar-refractivity contribution in [1.29, 1.82) is 0 Å². The molecule has 2 N–H and O–H groups in total. The molecule has 0 saturated carbocycles. The van der Waals surface area contributed by atoms with Crippen molar-refractivity contribution >= 4 is 22.9 Å². The summed E-state index contributed by atoms with van der Waals surface area (Å²) >= 11 is 0. The predicted octanol–water partition coefficient (Wildman–Crippen LogP) is -0.280. The molecule has 0 aliphatic rings. The molecule has 3 rings (SSSR count). The van der Waals surface area contributed by atoms with Crippen molar-refractivity contribution in [3.05, 3.63) is 55.1 Å². The van der Waals surface area contributed by atoms with Crippen molar-refractivity contribution in [1.82, 2.24) is 18.7 Å². The molecule has 0 radical (unpaired) electrons. The second-order valence-electron chi connectivity index (χ2n) is 5.39. The maximum Gasteiger partial charge on any atom is 0.330 e. The molecule has 124 valence electrons. The van der Waals surface area contributed by atoms with E-state index in [2.05, 4.69) is 9.98 Å². The Morgan fingerprint density at radius 2 is 1.71 bits per heavy atom. The van der Waals surface area contributed by atoms with Crippen LogP contribution < -0.4 is 16.9 Å². The lowest BCUT2D eigenvalue weighted by atomic mass is 10.2. The number of benzene rings is 1. The predicted molar refractivity (Wildman–Crippen MR) is 89.4 cm³/mol. The van der Waals surface area contributed by atoms with E-state index in [0.717, 1.165) is 10.1 Å². The van der Waals surface area contributed by atoms with Crippen LogP contribution in [0.3, 0.4) is 0 Å². The van der Waals surface area contributed by atoms with Crippen LogP contribution in [0.25, 0.3) is 11.0 Å². The average molecular weight is 329 g/mol. The molecule has 0 aliphatic carbocycles. The van der Waals surface area contributed by atoms with Gasteiger partial charge in [-0.1, -0.05) is 0 Å². The van der Waals surface area contributed by atoms with Gasteiger partial charge in [-0.2, -0.15) is 0 Å². The van der Waals surface area contributed by atoms with Gasteiger partial charge in [0.15, 0.2) is 0 Å². The van der Waals surface area contributed by atoms with Gasteiger partial charge in [0.1, 0.15) is 5.56 Å². The van der Waals surface area contributed by atoms with Crippen molar-refractivity contribution < 1.29 is 5.11 Å². The van der Waals surface area contributed by atoms with Gasteiger partial charge in [0, 0.05) is 27.4 Å². The summed E-state index contributed by atoms with van der Waals surface area (Å²) in [5.41, 5.74) is 0.219. The molecule has 2 heterocycles. The Morgan fingerprint density at radius 1 is 1.04 bits per heavy atom. The van der Waals surface area contributed by atoms with E-state index in [1.165, 1.54) is 22.4 Å². The molecule has 2 aromatic heterocycles. The number of nitrogens with zero attached hydrogens (tertiary/aromatic N) is 4. The van der Waals surface area contributed by atoms with Crippen LogP contribution in [0, 0.1) is 0 Å². The molecule has 0 aliphatic heterocycles. The largest absolute Gasteiger partial charge is 0.494 e. The van der Waals surface area contributed by atoms with Crippen molar-refractivity contribution in [2.75, 3.05) is 0 Å². The maximum absolute atomic E-state index is 11.9. The summed E-state index contributed by atoms with van der Waals surface area (Å²) in [5, 5.41) is 9.90. The zero-order valence-corrected chi connectivity index (χ0v) is 13.3. The first kappa shape index (κ1) is 15.5. The van der Waals surface area contributed by atoms with Crippen LogP contribution in [0.15, 0.2) is 37.6 Å². The number of hydrogen-bond acceptors (Lipinski definition) is 5. The summed E-state index contributed by atoms with van der Waals surface area (Å²) in [6.45, 7) is 0. The van der Waals surface area contributed by atoms with Gasteiger partial charge in [0.05, 0.1) is 16.7 Å². The van der Waals surface area contributed by atoms with Crippen molar-refractivity contribution in [3.8, 4) is 5.88 Å². The van der Waals surface area contributed by atoms with Crippen LogP contribution in [0.2, 0.25) is 0 Å². The molecular formula is C15H15N5O4. The molecular weight excluding hydrogens is 314 g/mol. The number of hydrogen-bond donors (Lipinski definition) is 2. The molecule has 24 heavy (non-hydrogen) atoms. The minimum Gasteiger partial charge on any atom is -0.494 e. The summed E-state index contributed by atoms with van der Waals surface area (Å²) in [4.78, 5) is 41.3. The molecule has 0 saturated heterocycles. The van der Waals surface area contributed by atoms with Gasteiger partial charge >= 0.3 is 11.4 Å². The minimum atomic E-state index is -0.729. The van der Waals surface area contributed by atoms with Gasteiger partial charge in [0.25, 0.3) is 5.56 Å². The number of aromatic nitrogens is 4. The van der Waals surface area contributed by atoms with Gasteiger partial charge in [0.2, 0.25) is 5.88 Å². The van der Waals surface area contributed by atoms with Gasteiger partial charge in [-0.25, -0.2) is 9.59 Å².